The number of benzene rings is 1. The molecule has 2 aromatic rings. The van der Waals surface area contributed by atoms with E-state index in [-0.39, 0.29) is 12.5 Å². The summed E-state index contributed by atoms with van der Waals surface area (Å²) in [6.07, 6.45) is 3.13. The van der Waals surface area contributed by atoms with Gasteiger partial charge in [-0.15, -0.1) is 11.3 Å². The van der Waals surface area contributed by atoms with Gasteiger partial charge in [0.25, 0.3) is 5.91 Å². The molecule has 21 heavy (non-hydrogen) atoms. The Morgan fingerprint density at radius 2 is 1.95 bits per heavy atom. The zero-order valence-corrected chi connectivity index (χ0v) is 12.4. The molecular weight excluding hydrogens is 286 g/mol. The normalized spacial score (nSPS) is 17.0. The number of fused-ring (bicyclic) bond motifs is 1. The van der Waals surface area contributed by atoms with Crippen molar-refractivity contribution in [2.75, 3.05) is 6.54 Å². The van der Waals surface area contributed by atoms with Crippen molar-refractivity contribution in [2.45, 2.75) is 25.7 Å². The lowest BCUT2D eigenvalue weighted by Crippen LogP contribution is -2.41. The molecule has 1 amide bonds. The van der Waals surface area contributed by atoms with E-state index in [9.17, 15) is 14.7 Å². The first-order valence-corrected chi connectivity index (χ1v) is 7.98. The highest BCUT2D eigenvalue weighted by Crippen LogP contribution is 2.38. The van der Waals surface area contributed by atoms with Crippen molar-refractivity contribution < 1.29 is 14.7 Å². The molecule has 0 atom stereocenters. The van der Waals surface area contributed by atoms with E-state index in [1.54, 1.807) is 0 Å². The molecule has 2 N–H and O–H groups in total. The van der Waals surface area contributed by atoms with Crippen LogP contribution in [0.5, 0.6) is 0 Å². The number of aliphatic carboxylic acids is 1. The summed E-state index contributed by atoms with van der Waals surface area (Å²) < 4.78 is 1.07. The Hall–Kier alpha value is -1.88. The van der Waals surface area contributed by atoms with Crippen LogP contribution in [0.3, 0.4) is 0 Å². The van der Waals surface area contributed by atoms with Gasteiger partial charge < -0.3 is 10.4 Å². The molecule has 3 rings (SSSR count). The molecule has 0 bridgehead atoms. The standard InChI is InChI=1S/C16H17NO3S/c18-14(12-9-21-13-6-2-1-5-11(12)13)17-10-16(15(19)20)7-3-4-8-16/h1-2,5-6,9H,3-4,7-8,10H2,(H,17,18)(H,19,20). The number of rotatable bonds is 4. The fraction of sp³-hybridized carbons (Fsp3) is 0.375. The molecule has 0 aliphatic heterocycles. The number of carbonyl (C=O) groups excluding carboxylic acids is 1. The average Bonchev–Trinajstić information content (AvgIpc) is 3.12. The molecule has 4 nitrogen and oxygen atoms in total. The first kappa shape index (κ1) is 14.1. The third-order valence-corrected chi connectivity index (χ3v) is 5.29. The molecule has 0 unspecified atom stereocenters. The highest BCUT2D eigenvalue weighted by molar-refractivity contribution is 7.17. The average molecular weight is 303 g/mol. The first-order valence-electron chi connectivity index (χ1n) is 7.10. The number of carboxylic acid groups (broad SMARTS) is 1. The summed E-state index contributed by atoms with van der Waals surface area (Å²) in [5, 5.41) is 15.0. The van der Waals surface area contributed by atoms with Gasteiger partial charge in [0.15, 0.2) is 0 Å². The number of hydrogen-bond donors (Lipinski definition) is 2. The molecular formula is C16H17NO3S. The second kappa shape index (κ2) is 5.48. The van der Waals surface area contributed by atoms with Crippen molar-refractivity contribution >= 4 is 33.3 Å². The Kier molecular flexibility index (Phi) is 3.68. The highest BCUT2D eigenvalue weighted by Gasteiger charge is 2.41. The van der Waals surface area contributed by atoms with Crippen molar-refractivity contribution in [2.24, 2.45) is 5.41 Å². The largest absolute Gasteiger partial charge is 0.481 e. The van der Waals surface area contributed by atoms with E-state index in [1.165, 1.54) is 11.3 Å². The van der Waals surface area contributed by atoms with Crippen molar-refractivity contribution in [1.82, 2.24) is 5.32 Å². The number of thiophene rings is 1. The molecule has 1 saturated carbocycles. The van der Waals surface area contributed by atoms with Crippen molar-refractivity contribution in [3.8, 4) is 0 Å². The Morgan fingerprint density at radius 3 is 2.67 bits per heavy atom. The lowest BCUT2D eigenvalue weighted by atomic mass is 9.86. The monoisotopic (exact) mass is 303 g/mol. The molecule has 0 saturated heterocycles. The number of carbonyl (C=O) groups is 2. The summed E-state index contributed by atoms with van der Waals surface area (Å²) in [6.45, 7) is 0.214. The van der Waals surface area contributed by atoms with Crippen LogP contribution in [-0.4, -0.2) is 23.5 Å². The van der Waals surface area contributed by atoms with Crippen LogP contribution < -0.4 is 5.32 Å². The van der Waals surface area contributed by atoms with Crippen LogP contribution in [0, 0.1) is 5.41 Å². The minimum absolute atomic E-state index is 0.181. The first-order chi connectivity index (χ1) is 10.1. The van der Waals surface area contributed by atoms with Crippen LogP contribution in [0.25, 0.3) is 10.1 Å². The summed E-state index contributed by atoms with van der Waals surface area (Å²) in [4.78, 5) is 23.8. The third kappa shape index (κ3) is 2.53. The Balaban J connectivity index is 1.76. The van der Waals surface area contributed by atoms with Crippen LogP contribution in [-0.2, 0) is 4.79 Å². The van der Waals surface area contributed by atoms with Crippen molar-refractivity contribution in [3.63, 3.8) is 0 Å². The van der Waals surface area contributed by atoms with Crippen LogP contribution in [0.1, 0.15) is 36.0 Å². The van der Waals surface area contributed by atoms with Crippen molar-refractivity contribution in [1.29, 1.82) is 0 Å². The summed E-state index contributed by atoms with van der Waals surface area (Å²) >= 11 is 1.53. The molecule has 1 aromatic carbocycles. The molecule has 0 radical (unpaired) electrons. The van der Waals surface area contributed by atoms with E-state index >= 15 is 0 Å². The molecule has 5 heteroatoms. The predicted octanol–water partition coefficient (Wildman–Crippen LogP) is 3.28. The smallest absolute Gasteiger partial charge is 0.311 e. The second-order valence-electron chi connectivity index (χ2n) is 5.62. The predicted molar refractivity (Wildman–Crippen MR) is 82.7 cm³/mol. The number of hydrogen-bond acceptors (Lipinski definition) is 3. The van der Waals surface area contributed by atoms with Gasteiger partial charge in [0.05, 0.1) is 11.0 Å². The summed E-state index contributed by atoms with van der Waals surface area (Å²) in [5.74, 6) is -0.976. The Bertz CT molecular complexity index is 686. The molecule has 110 valence electrons. The molecule has 0 spiro atoms. The van der Waals surface area contributed by atoms with E-state index in [0.29, 0.717) is 18.4 Å². The van der Waals surface area contributed by atoms with Gasteiger partial charge in [-0.3, -0.25) is 9.59 Å². The maximum Gasteiger partial charge on any atom is 0.311 e. The second-order valence-corrected chi connectivity index (χ2v) is 6.53. The highest BCUT2D eigenvalue weighted by atomic mass is 32.1. The Morgan fingerprint density at radius 1 is 1.24 bits per heavy atom. The van der Waals surface area contributed by atoms with Gasteiger partial charge in [-0.2, -0.15) is 0 Å². The topological polar surface area (TPSA) is 66.4 Å². The minimum atomic E-state index is -0.796. The van der Waals surface area contributed by atoms with Gasteiger partial charge in [0.2, 0.25) is 0 Å². The molecule has 1 heterocycles. The fourth-order valence-corrected chi connectivity index (χ4v) is 3.96. The molecule has 1 aliphatic carbocycles. The van der Waals surface area contributed by atoms with Gasteiger partial charge in [-0.25, -0.2) is 0 Å². The van der Waals surface area contributed by atoms with Crippen LogP contribution >= 0.6 is 11.3 Å². The van der Waals surface area contributed by atoms with E-state index in [4.69, 9.17) is 0 Å². The van der Waals surface area contributed by atoms with Crippen LogP contribution in [0.15, 0.2) is 29.6 Å². The lowest BCUT2D eigenvalue weighted by Gasteiger charge is -2.23. The fourth-order valence-electron chi connectivity index (χ4n) is 3.02. The Labute approximate surface area is 126 Å². The van der Waals surface area contributed by atoms with Gasteiger partial charge >= 0.3 is 5.97 Å². The summed E-state index contributed by atoms with van der Waals surface area (Å²) in [6, 6.07) is 7.75. The quantitative estimate of drug-likeness (QED) is 0.911. The van der Waals surface area contributed by atoms with E-state index in [0.717, 1.165) is 22.9 Å². The SMILES string of the molecule is O=C(NCC1(C(=O)O)CCCC1)c1csc2ccccc12. The lowest BCUT2D eigenvalue weighted by molar-refractivity contribution is -0.148. The molecule has 1 fully saturated rings. The summed E-state index contributed by atoms with van der Waals surface area (Å²) in [7, 11) is 0. The third-order valence-electron chi connectivity index (χ3n) is 4.33. The van der Waals surface area contributed by atoms with E-state index < -0.39 is 11.4 Å². The van der Waals surface area contributed by atoms with Gasteiger partial charge in [-0.05, 0) is 18.9 Å². The summed E-state index contributed by atoms with van der Waals surface area (Å²) in [5.41, 5.74) is -0.143. The van der Waals surface area contributed by atoms with Crippen LogP contribution in [0.4, 0.5) is 0 Å². The zero-order chi connectivity index (χ0) is 14.9. The number of nitrogens with one attached hydrogen (secondary N) is 1. The van der Waals surface area contributed by atoms with E-state index in [2.05, 4.69) is 5.32 Å². The zero-order valence-electron chi connectivity index (χ0n) is 11.6. The van der Waals surface area contributed by atoms with Crippen LogP contribution in [0.2, 0.25) is 0 Å². The molecule has 1 aromatic heterocycles. The van der Waals surface area contributed by atoms with E-state index in [1.807, 2.05) is 29.6 Å². The maximum absolute atomic E-state index is 12.3. The minimum Gasteiger partial charge on any atom is -0.481 e. The number of carboxylic acids is 1. The van der Waals surface area contributed by atoms with Gasteiger partial charge in [-0.1, -0.05) is 31.0 Å². The van der Waals surface area contributed by atoms with Gasteiger partial charge in [0, 0.05) is 22.0 Å². The number of amides is 1. The van der Waals surface area contributed by atoms with Crippen molar-refractivity contribution in [3.05, 3.63) is 35.2 Å². The molecule has 1 aliphatic rings. The maximum atomic E-state index is 12.3. The van der Waals surface area contributed by atoms with Gasteiger partial charge in [0.1, 0.15) is 0 Å².